The van der Waals surface area contributed by atoms with Crippen LogP contribution in [-0.4, -0.2) is 44.4 Å². The fourth-order valence-electron chi connectivity index (χ4n) is 2.57. The summed E-state index contributed by atoms with van der Waals surface area (Å²) < 4.78 is 11.2. The molecule has 1 saturated heterocycles. The molecule has 1 aromatic rings. The van der Waals surface area contributed by atoms with Crippen LogP contribution in [0.5, 0.6) is 5.75 Å². The van der Waals surface area contributed by atoms with Gasteiger partial charge in [0.1, 0.15) is 12.4 Å². The molecule has 1 aliphatic heterocycles. The lowest BCUT2D eigenvalue weighted by Crippen LogP contribution is -2.36. The zero-order valence-electron chi connectivity index (χ0n) is 12.5. The van der Waals surface area contributed by atoms with Crippen LogP contribution in [-0.2, 0) is 4.74 Å². The van der Waals surface area contributed by atoms with E-state index in [1.54, 1.807) is 12.1 Å². The van der Waals surface area contributed by atoms with Gasteiger partial charge in [0.15, 0.2) is 0 Å². The van der Waals surface area contributed by atoms with Crippen LogP contribution in [0.25, 0.3) is 0 Å². The first kappa shape index (κ1) is 16.9. The van der Waals surface area contributed by atoms with Gasteiger partial charge in [-0.3, -0.25) is 0 Å². The quantitative estimate of drug-likeness (QED) is 0.701. The summed E-state index contributed by atoms with van der Waals surface area (Å²) in [4.78, 5) is 2.48. The van der Waals surface area contributed by atoms with E-state index in [1.165, 1.54) is 25.9 Å². The molecule has 1 atom stereocenters. The van der Waals surface area contributed by atoms with Crippen molar-refractivity contribution in [3.05, 3.63) is 28.2 Å². The van der Waals surface area contributed by atoms with Crippen molar-refractivity contribution in [3.63, 3.8) is 0 Å². The summed E-state index contributed by atoms with van der Waals surface area (Å²) in [5.74, 6) is 1.54. The minimum Gasteiger partial charge on any atom is -0.491 e. The molecule has 0 spiro atoms. The van der Waals surface area contributed by atoms with Crippen molar-refractivity contribution in [1.29, 1.82) is 0 Å². The average Bonchev–Trinajstić information content (AvgIpc) is 2.46. The van der Waals surface area contributed by atoms with Crippen LogP contribution in [0.3, 0.4) is 0 Å². The van der Waals surface area contributed by atoms with Crippen LogP contribution in [0.4, 0.5) is 0 Å². The number of hydrogen-bond acceptors (Lipinski definition) is 3. The van der Waals surface area contributed by atoms with E-state index in [4.69, 9.17) is 32.7 Å². The normalized spacial score (nSPS) is 19.7. The Hall–Kier alpha value is -0.480. The monoisotopic (exact) mass is 331 g/mol. The molecule has 1 unspecified atom stereocenters. The topological polar surface area (TPSA) is 21.7 Å². The highest BCUT2D eigenvalue weighted by atomic mass is 35.5. The van der Waals surface area contributed by atoms with Gasteiger partial charge in [-0.05, 0) is 37.4 Å². The van der Waals surface area contributed by atoms with E-state index in [-0.39, 0.29) is 0 Å². The molecule has 118 valence electrons. The van der Waals surface area contributed by atoms with Crippen LogP contribution in [0.15, 0.2) is 18.2 Å². The van der Waals surface area contributed by atoms with Crippen LogP contribution in [0.1, 0.15) is 19.8 Å². The van der Waals surface area contributed by atoms with Crippen molar-refractivity contribution in [2.75, 3.05) is 39.5 Å². The van der Waals surface area contributed by atoms with Crippen molar-refractivity contribution >= 4 is 23.2 Å². The van der Waals surface area contributed by atoms with Crippen LogP contribution in [0.2, 0.25) is 10.0 Å². The highest BCUT2D eigenvalue weighted by molar-refractivity contribution is 6.42. The third kappa shape index (κ3) is 6.03. The van der Waals surface area contributed by atoms with Crippen molar-refractivity contribution in [3.8, 4) is 5.75 Å². The summed E-state index contributed by atoms with van der Waals surface area (Å²) in [7, 11) is 0. The zero-order chi connectivity index (χ0) is 15.1. The molecule has 21 heavy (non-hydrogen) atoms. The predicted molar refractivity (Wildman–Crippen MR) is 87.6 cm³/mol. The molecule has 0 radical (unpaired) electrons. The van der Waals surface area contributed by atoms with Crippen LogP contribution < -0.4 is 4.74 Å². The first-order valence-corrected chi connectivity index (χ1v) is 8.28. The van der Waals surface area contributed by atoms with Gasteiger partial charge < -0.3 is 14.4 Å². The van der Waals surface area contributed by atoms with Gasteiger partial charge in [0.05, 0.1) is 23.3 Å². The lowest BCUT2D eigenvalue weighted by atomic mass is 10.0. The van der Waals surface area contributed by atoms with Gasteiger partial charge in [-0.1, -0.05) is 30.1 Å². The van der Waals surface area contributed by atoms with Gasteiger partial charge in [0, 0.05) is 19.2 Å². The number of hydrogen-bond donors (Lipinski definition) is 0. The number of ether oxygens (including phenoxy) is 2. The van der Waals surface area contributed by atoms with E-state index in [1.807, 2.05) is 6.07 Å². The molecule has 0 N–H and O–H groups in total. The Morgan fingerprint density at radius 2 is 2.05 bits per heavy atom. The minimum atomic E-state index is 0.509. The van der Waals surface area contributed by atoms with Gasteiger partial charge in [0.25, 0.3) is 0 Å². The lowest BCUT2D eigenvalue weighted by molar-refractivity contribution is 0.0689. The van der Waals surface area contributed by atoms with E-state index in [2.05, 4.69) is 11.8 Å². The molecule has 1 aliphatic rings. The van der Waals surface area contributed by atoms with E-state index >= 15 is 0 Å². The van der Waals surface area contributed by atoms with E-state index in [0.29, 0.717) is 23.3 Å². The molecule has 0 aliphatic carbocycles. The fourth-order valence-corrected chi connectivity index (χ4v) is 2.86. The Morgan fingerprint density at radius 1 is 1.19 bits per heavy atom. The molecule has 0 saturated carbocycles. The molecule has 2 rings (SSSR count). The minimum absolute atomic E-state index is 0.509. The summed E-state index contributed by atoms with van der Waals surface area (Å²) in [5.41, 5.74) is 0. The molecule has 0 amide bonds. The number of halogens is 2. The summed E-state index contributed by atoms with van der Waals surface area (Å²) in [6.07, 6.45) is 2.66. The fraction of sp³-hybridized carbons (Fsp3) is 0.625. The number of rotatable bonds is 7. The molecular weight excluding hydrogens is 309 g/mol. The first-order valence-electron chi connectivity index (χ1n) is 7.53. The highest BCUT2D eigenvalue weighted by Gasteiger charge is 2.15. The smallest absolute Gasteiger partial charge is 0.121 e. The Kier molecular flexibility index (Phi) is 7.11. The third-order valence-corrected chi connectivity index (χ3v) is 4.42. The van der Waals surface area contributed by atoms with Crippen LogP contribution >= 0.6 is 23.2 Å². The van der Waals surface area contributed by atoms with Gasteiger partial charge >= 0.3 is 0 Å². The van der Waals surface area contributed by atoms with E-state index < -0.39 is 0 Å². The van der Waals surface area contributed by atoms with Gasteiger partial charge in [-0.15, -0.1) is 0 Å². The second-order valence-corrected chi connectivity index (χ2v) is 6.40. The average molecular weight is 332 g/mol. The van der Waals surface area contributed by atoms with Crippen molar-refractivity contribution in [2.24, 2.45) is 5.92 Å². The predicted octanol–water partition coefficient (Wildman–Crippen LogP) is 4.12. The lowest BCUT2D eigenvalue weighted by Gasteiger charge is -2.30. The SMILES string of the molecule is CC1CCCN(CCOCCOc2ccc(Cl)c(Cl)c2)C1. The zero-order valence-corrected chi connectivity index (χ0v) is 14.0. The third-order valence-electron chi connectivity index (χ3n) is 3.68. The Balaban J connectivity index is 1.54. The molecule has 0 bridgehead atoms. The number of benzene rings is 1. The summed E-state index contributed by atoms with van der Waals surface area (Å²) in [6, 6.07) is 5.26. The second-order valence-electron chi connectivity index (χ2n) is 5.58. The molecule has 5 heteroatoms. The highest BCUT2D eigenvalue weighted by Crippen LogP contribution is 2.26. The summed E-state index contributed by atoms with van der Waals surface area (Å²) in [6.45, 7) is 7.60. The van der Waals surface area contributed by atoms with E-state index in [0.717, 1.165) is 24.8 Å². The molecule has 1 fully saturated rings. The van der Waals surface area contributed by atoms with Crippen LogP contribution in [0, 0.1) is 5.92 Å². The Morgan fingerprint density at radius 3 is 2.81 bits per heavy atom. The molecular formula is C16H23Cl2NO2. The maximum atomic E-state index is 5.93. The second kappa shape index (κ2) is 8.84. The van der Waals surface area contributed by atoms with Crippen molar-refractivity contribution in [1.82, 2.24) is 4.90 Å². The number of likely N-dealkylation sites (tertiary alicyclic amines) is 1. The Bertz CT molecular complexity index is 442. The summed E-state index contributed by atoms with van der Waals surface area (Å²) in [5, 5.41) is 1.05. The maximum Gasteiger partial charge on any atom is 0.121 e. The molecule has 1 aromatic carbocycles. The van der Waals surface area contributed by atoms with Crippen molar-refractivity contribution < 1.29 is 9.47 Å². The number of nitrogens with zero attached hydrogens (tertiary/aromatic N) is 1. The first-order chi connectivity index (χ1) is 10.1. The largest absolute Gasteiger partial charge is 0.491 e. The van der Waals surface area contributed by atoms with E-state index in [9.17, 15) is 0 Å². The maximum absolute atomic E-state index is 5.93. The molecule has 3 nitrogen and oxygen atoms in total. The van der Waals surface area contributed by atoms with Crippen molar-refractivity contribution in [2.45, 2.75) is 19.8 Å². The molecule has 0 aromatic heterocycles. The Labute approximate surface area is 137 Å². The van der Waals surface area contributed by atoms with Gasteiger partial charge in [0.2, 0.25) is 0 Å². The summed E-state index contributed by atoms with van der Waals surface area (Å²) >= 11 is 11.8. The van der Waals surface area contributed by atoms with Gasteiger partial charge in [-0.2, -0.15) is 0 Å². The number of piperidine rings is 1. The standard InChI is InChI=1S/C16H23Cl2NO2/c1-13-3-2-6-19(12-13)7-8-20-9-10-21-14-4-5-15(17)16(18)11-14/h4-5,11,13H,2-3,6-10,12H2,1H3. The van der Waals surface area contributed by atoms with Gasteiger partial charge in [-0.25, -0.2) is 0 Å². The molecule has 1 heterocycles.